The largest absolute Gasteiger partial charge is 0.391 e. The maximum atomic E-state index is 12.1. The summed E-state index contributed by atoms with van der Waals surface area (Å²) in [4.78, 5) is 24.0. The highest BCUT2D eigenvalue weighted by molar-refractivity contribution is 5.56. The second kappa shape index (κ2) is 6.28. The Bertz CT molecular complexity index is 516. The molecule has 6 nitrogen and oxygen atoms in total. The first-order chi connectivity index (χ1) is 8.54. The summed E-state index contributed by atoms with van der Waals surface area (Å²) in [6, 6.07) is 0. The standard InChI is InChI=1S/C12H22N4O2/c1-3-5-6-8-16-11(17)9(13)10(14)15(7-4-2)12(16)18/h3-8,13-14H2,1-2H3. The Morgan fingerprint density at radius 3 is 2.17 bits per heavy atom. The number of nitrogens with two attached hydrogens (primary N) is 2. The fourth-order valence-corrected chi connectivity index (χ4v) is 1.89. The van der Waals surface area contributed by atoms with Crippen molar-refractivity contribution in [1.29, 1.82) is 0 Å². The van der Waals surface area contributed by atoms with E-state index in [1.807, 2.05) is 6.92 Å². The van der Waals surface area contributed by atoms with Crippen molar-refractivity contribution in [3.8, 4) is 0 Å². The highest BCUT2D eigenvalue weighted by atomic mass is 16.2. The molecule has 6 heteroatoms. The van der Waals surface area contributed by atoms with E-state index < -0.39 is 5.56 Å². The van der Waals surface area contributed by atoms with Crippen LogP contribution in [-0.4, -0.2) is 9.13 Å². The molecule has 0 atom stereocenters. The summed E-state index contributed by atoms with van der Waals surface area (Å²) in [5.41, 5.74) is 10.5. The molecular weight excluding hydrogens is 232 g/mol. The first-order valence-corrected chi connectivity index (χ1v) is 6.43. The highest BCUT2D eigenvalue weighted by Gasteiger charge is 2.13. The van der Waals surface area contributed by atoms with Crippen molar-refractivity contribution in [2.75, 3.05) is 11.5 Å². The number of unbranched alkanes of at least 4 members (excludes halogenated alkanes) is 2. The molecule has 0 bridgehead atoms. The molecule has 0 unspecified atom stereocenters. The van der Waals surface area contributed by atoms with E-state index >= 15 is 0 Å². The van der Waals surface area contributed by atoms with Crippen molar-refractivity contribution in [1.82, 2.24) is 9.13 Å². The zero-order valence-corrected chi connectivity index (χ0v) is 11.1. The summed E-state index contributed by atoms with van der Waals surface area (Å²) in [6.45, 7) is 4.88. The van der Waals surface area contributed by atoms with Gasteiger partial charge < -0.3 is 11.5 Å². The van der Waals surface area contributed by atoms with Crippen LogP contribution in [0.3, 0.4) is 0 Å². The molecule has 1 aromatic heterocycles. The van der Waals surface area contributed by atoms with Crippen molar-refractivity contribution in [2.45, 2.75) is 52.6 Å². The van der Waals surface area contributed by atoms with E-state index in [4.69, 9.17) is 11.5 Å². The Morgan fingerprint density at radius 1 is 0.944 bits per heavy atom. The van der Waals surface area contributed by atoms with Crippen LogP contribution in [0.15, 0.2) is 9.59 Å². The topological polar surface area (TPSA) is 96.0 Å². The summed E-state index contributed by atoms with van der Waals surface area (Å²) in [6.07, 6.45) is 3.56. The molecule has 1 aromatic rings. The zero-order valence-electron chi connectivity index (χ0n) is 11.1. The molecule has 1 heterocycles. The van der Waals surface area contributed by atoms with Gasteiger partial charge in [-0.05, 0) is 12.8 Å². The number of hydrogen-bond donors (Lipinski definition) is 2. The number of nitrogens with zero attached hydrogens (tertiary/aromatic N) is 2. The molecule has 4 N–H and O–H groups in total. The number of aromatic nitrogens is 2. The van der Waals surface area contributed by atoms with Crippen molar-refractivity contribution >= 4 is 11.5 Å². The van der Waals surface area contributed by atoms with Gasteiger partial charge in [0.05, 0.1) is 0 Å². The molecule has 0 saturated carbocycles. The summed E-state index contributed by atoms with van der Waals surface area (Å²) < 4.78 is 2.57. The smallest absolute Gasteiger partial charge is 0.332 e. The molecule has 0 aromatic carbocycles. The molecule has 0 aliphatic rings. The lowest BCUT2D eigenvalue weighted by molar-refractivity contribution is 0.523. The summed E-state index contributed by atoms with van der Waals surface area (Å²) >= 11 is 0. The molecule has 0 aliphatic heterocycles. The van der Waals surface area contributed by atoms with Crippen LogP contribution < -0.4 is 22.7 Å². The van der Waals surface area contributed by atoms with E-state index in [1.54, 1.807) is 0 Å². The normalized spacial score (nSPS) is 10.8. The summed E-state index contributed by atoms with van der Waals surface area (Å²) in [5, 5.41) is 0. The molecule has 0 spiro atoms. The van der Waals surface area contributed by atoms with Crippen LogP contribution in [0.5, 0.6) is 0 Å². The number of nitrogen functional groups attached to an aromatic ring is 2. The third kappa shape index (κ3) is 2.75. The van der Waals surface area contributed by atoms with Gasteiger partial charge in [-0.25, -0.2) is 4.79 Å². The second-order valence-corrected chi connectivity index (χ2v) is 4.40. The molecular formula is C12H22N4O2. The molecule has 1 rings (SSSR count). The van der Waals surface area contributed by atoms with Crippen LogP contribution in [0.1, 0.15) is 39.5 Å². The van der Waals surface area contributed by atoms with Gasteiger partial charge in [-0.3, -0.25) is 13.9 Å². The Morgan fingerprint density at radius 2 is 1.61 bits per heavy atom. The van der Waals surface area contributed by atoms with Crippen LogP contribution in [0.2, 0.25) is 0 Å². The monoisotopic (exact) mass is 254 g/mol. The minimum atomic E-state index is -0.471. The summed E-state index contributed by atoms with van der Waals surface area (Å²) in [7, 11) is 0. The Hall–Kier alpha value is -1.72. The van der Waals surface area contributed by atoms with Gasteiger partial charge >= 0.3 is 5.69 Å². The predicted molar refractivity (Wildman–Crippen MR) is 73.6 cm³/mol. The lowest BCUT2D eigenvalue weighted by Crippen LogP contribution is -2.42. The molecule has 0 amide bonds. The Kier molecular flexibility index (Phi) is 5.00. The molecule has 0 aliphatic carbocycles. The van der Waals surface area contributed by atoms with Crippen LogP contribution in [0.4, 0.5) is 11.5 Å². The quantitative estimate of drug-likeness (QED) is 0.733. The SMILES string of the molecule is CCCCCn1c(=O)c(N)c(N)n(CCC)c1=O. The third-order valence-electron chi connectivity index (χ3n) is 2.94. The number of hydrogen-bond acceptors (Lipinski definition) is 4. The van der Waals surface area contributed by atoms with E-state index in [9.17, 15) is 9.59 Å². The minimum absolute atomic E-state index is 0.0282. The van der Waals surface area contributed by atoms with Crippen molar-refractivity contribution in [3.63, 3.8) is 0 Å². The van der Waals surface area contributed by atoms with E-state index in [0.717, 1.165) is 25.7 Å². The average Bonchev–Trinajstić information content (AvgIpc) is 2.36. The zero-order chi connectivity index (χ0) is 13.7. The van der Waals surface area contributed by atoms with Crippen LogP contribution in [0, 0.1) is 0 Å². The molecule has 0 radical (unpaired) electrons. The predicted octanol–water partition coefficient (Wildman–Crippen LogP) is 0.775. The fraction of sp³-hybridized carbons (Fsp3) is 0.667. The van der Waals surface area contributed by atoms with E-state index in [0.29, 0.717) is 13.1 Å². The third-order valence-corrected chi connectivity index (χ3v) is 2.94. The lowest BCUT2D eigenvalue weighted by Gasteiger charge is -2.14. The van der Waals surface area contributed by atoms with Crippen molar-refractivity contribution in [3.05, 3.63) is 20.8 Å². The van der Waals surface area contributed by atoms with Crippen LogP contribution in [0.25, 0.3) is 0 Å². The van der Waals surface area contributed by atoms with Crippen LogP contribution >= 0.6 is 0 Å². The Balaban J connectivity index is 3.25. The molecule has 0 fully saturated rings. The van der Waals surface area contributed by atoms with Crippen molar-refractivity contribution in [2.24, 2.45) is 0 Å². The van der Waals surface area contributed by atoms with Gasteiger partial charge in [0.1, 0.15) is 11.5 Å². The lowest BCUT2D eigenvalue weighted by atomic mass is 10.2. The van der Waals surface area contributed by atoms with Gasteiger partial charge in [0.25, 0.3) is 5.56 Å². The van der Waals surface area contributed by atoms with Gasteiger partial charge in [0.15, 0.2) is 0 Å². The first kappa shape index (κ1) is 14.3. The maximum Gasteiger partial charge on any atom is 0.332 e. The van der Waals surface area contributed by atoms with Gasteiger partial charge in [0.2, 0.25) is 0 Å². The number of anilines is 2. The first-order valence-electron chi connectivity index (χ1n) is 6.43. The van der Waals surface area contributed by atoms with E-state index in [1.165, 1.54) is 9.13 Å². The van der Waals surface area contributed by atoms with E-state index in [2.05, 4.69) is 6.92 Å². The van der Waals surface area contributed by atoms with Gasteiger partial charge in [-0.1, -0.05) is 26.7 Å². The fourth-order valence-electron chi connectivity index (χ4n) is 1.89. The molecule has 18 heavy (non-hydrogen) atoms. The summed E-state index contributed by atoms with van der Waals surface area (Å²) in [5.74, 6) is 0.0820. The maximum absolute atomic E-state index is 12.1. The average molecular weight is 254 g/mol. The van der Waals surface area contributed by atoms with Gasteiger partial charge in [0, 0.05) is 13.1 Å². The van der Waals surface area contributed by atoms with Gasteiger partial charge in [-0.15, -0.1) is 0 Å². The second-order valence-electron chi connectivity index (χ2n) is 4.40. The number of rotatable bonds is 6. The highest BCUT2D eigenvalue weighted by Crippen LogP contribution is 2.07. The van der Waals surface area contributed by atoms with Crippen LogP contribution in [-0.2, 0) is 13.1 Å². The van der Waals surface area contributed by atoms with E-state index in [-0.39, 0.29) is 17.2 Å². The van der Waals surface area contributed by atoms with Gasteiger partial charge in [-0.2, -0.15) is 0 Å². The molecule has 0 saturated heterocycles. The molecule has 102 valence electrons. The van der Waals surface area contributed by atoms with Crippen molar-refractivity contribution < 1.29 is 0 Å². The Labute approximate surface area is 106 Å². The minimum Gasteiger partial charge on any atom is -0.391 e.